The number of nitrogens with zero attached hydrogens (tertiary/aromatic N) is 2. The summed E-state index contributed by atoms with van der Waals surface area (Å²) < 4.78 is 26.3. The Morgan fingerprint density at radius 2 is 1.67 bits per heavy atom. The first kappa shape index (κ1) is 26.4. The number of hydrogen-bond acceptors (Lipinski definition) is 4. The van der Waals surface area contributed by atoms with E-state index in [-0.39, 0.29) is 24.8 Å². The molecule has 1 atom stereocenters. The number of benzene rings is 2. The summed E-state index contributed by atoms with van der Waals surface area (Å²) in [4.78, 5) is 27.0. The standard InChI is InChI=1S/C25H35N3O4S/c1-18-12-14-22(15-13-18)17-27(21(4)25(30)26-5)24(29)11-8-16-28(33(6,31)32)23-10-7-9-19(2)20(23)3/h7,9-10,12-15,21H,8,11,16-17H2,1-6H3,(H,26,30)/t21-/m1/s1. The predicted octanol–water partition coefficient (Wildman–Crippen LogP) is 3.32. The zero-order valence-corrected chi connectivity index (χ0v) is 21.2. The third-order valence-electron chi connectivity index (χ3n) is 5.88. The van der Waals surface area contributed by atoms with E-state index in [9.17, 15) is 18.0 Å². The molecule has 8 heteroatoms. The highest BCUT2D eigenvalue weighted by atomic mass is 32.2. The first-order valence-electron chi connectivity index (χ1n) is 11.1. The maximum Gasteiger partial charge on any atom is 0.242 e. The van der Waals surface area contributed by atoms with E-state index in [2.05, 4.69) is 5.32 Å². The number of sulfonamides is 1. The summed E-state index contributed by atoms with van der Waals surface area (Å²) in [5.41, 5.74) is 4.56. The Labute approximate surface area is 197 Å². The Morgan fingerprint density at radius 3 is 2.24 bits per heavy atom. The lowest BCUT2D eigenvalue weighted by Gasteiger charge is -2.29. The highest BCUT2D eigenvalue weighted by Crippen LogP contribution is 2.25. The van der Waals surface area contributed by atoms with Crippen LogP contribution in [-0.2, 0) is 26.2 Å². The normalized spacial score (nSPS) is 12.2. The van der Waals surface area contributed by atoms with Gasteiger partial charge in [-0.25, -0.2) is 8.42 Å². The van der Waals surface area contributed by atoms with Crippen LogP contribution in [0, 0.1) is 20.8 Å². The number of amides is 2. The number of carbonyl (C=O) groups is 2. The van der Waals surface area contributed by atoms with Crippen molar-refractivity contribution in [2.24, 2.45) is 0 Å². The van der Waals surface area contributed by atoms with Gasteiger partial charge in [0.2, 0.25) is 21.8 Å². The van der Waals surface area contributed by atoms with Crippen molar-refractivity contribution < 1.29 is 18.0 Å². The van der Waals surface area contributed by atoms with Crippen LogP contribution in [-0.4, -0.2) is 51.0 Å². The van der Waals surface area contributed by atoms with Crippen molar-refractivity contribution in [3.05, 3.63) is 64.7 Å². The molecule has 0 bridgehead atoms. The van der Waals surface area contributed by atoms with Gasteiger partial charge in [0.1, 0.15) is 6.04 Å². The van der Waals surface area contributed by atoms with Gasteiger partial charge in [-0.3, -0.25) is 13.9 Å². The molecule has 0 aliphatic heterocycles. The van der Waals surface area contributed by atoms with Crippen molar-refractivity contribution in [2.75, 3.05) is 24.2 Å². The van der Waals surface area contributed by atoms with E-state index >= 15 is 0 Å². The molecule has 7 nitrogen and oxygen atoms in total. The molecular formula is C25H35N3O4S. The molecule has 0 fully saturated rings. The monoisotopic (exact) mass is 473 g/mol. The third kappa shape index (κ3) is 7.05. The molecule has 0 aliphatic rings. The average Bonchev–Trinajstić information content (AvgIpc) is 2.76. The number of anilines is 1. The molecule has 1 N–H and O–H groups in total. The van der Waals surface area contributed by atoms with Crippen molar-refractivity contribution in [1.29, 1.82) is 0 Å². The molecular weight excluding hydrogens is 438 g/mol. The quantitative estimate of drug-likeness (QED) is 0.574. The maximum absolute atomic E-state index is 13.1. The van der Waals surface area contributed by atoms with Crippen LogP contribution >= 0.6 is 0 Å². The Kier molecular flexibility index (Phi) is 9.05. The molecule has 0 aromatic heterocycles. The van der Waals surface area contributed by atoms with Crippen LogP contribution in [0.5, 0.6) is 0 Å². The number of rotatable bonds is 10. The van der Waals surface area contributed by atoms with Gasteiger partial charge in [0.05, 0.1) is 11.9 Å². The second kappa shape index (κ2) is 11.3. The smallest absolute Gasteiger partial charge is 0.242 e. The van der Waals surface area contributed by atoms with Gasteiger partial charge in [0, 0.05) is 26.6 Å². The fourth-order valence-corrected chi connectivity index (χ4v) is 4.69. The molecule has 2 aromatic rings. The highest BCUT2D eigenvalue weighted by molar-refractivity contribution is 7.92. The lowest BCUT2D eigenvalue weighted by atomic mass is 10.1. The SMILES string of the molecule is CNC(=O)[C@@H](C)N(Cc1ccc(C)cc1)C(=O)CCCN(c1cccc(C)c1C)S(C)(=O)=O. The van der Waals surface area contributed by atoms with Crippen LogP contribution < -0.4 is 9.62 Å². The molecule has 0 saturated heterocycles. The molecule has 180 valence electrons. The van der Waals surface area contributed by atoms with Crippen LogP contribution in [0.2, 0.25) is 0 Å². The van der Waals surface area contributed by atoms with Gasteiger partial charge in [-0.05, 0) is 56.9 Å². The van der Waals surface area contributed by atoms with Crippen molar-refractivity contribution in [3.63, 3.8) is 0 Å². The lowest BCUT2D eigenvalue weighted by Crippen LogP contribution is -2.46. The van der Waals surface area contributed by atoms with E-state index in [4.69, 9.17) is 0 Å². The molecule has 0 saturated carbocycles. The number of nitrogens with one attached hydrogen (secondary N) is 1. The van der Waals surface area contributed by atoms with Gasteiger partial charge in [-0.15, -0.1) is 0 Å². The van der Waals surface area contributed by atoms with E-state index in [1.165, 1.54) is 10.6 Å². The number of carbonyl (C=O) groups excluding carboxylic acids is 2. The van der Waals surface area contributed by atoms with Crippen molar-refractivity contribution >= 4 is 27.5 Å². The molecule has 0 unspecified atom stereocenters. The zero-order valence-electron chi connectivity index (χ0n) is 20.4. The maximum atomic E-state index is 13.1. The highest BCUT2D eigenvalue weighted by Gasteiger charge is 2.26. The van der Waals surface area contributed by atoms with Gasteiger partial charge >= 0.3 is 0 Å². The summed E-state index contributed by atoms with van der Waals surface area (Å²) in [6, 6.07) is 12.7. The van der Waals surface area contributed by atoms with Gasteiger partial charge in [0.25, 0.3) is 0 Å². The van der Waals surface area contributed by atoms with Crippen LogP contribution in [0.15, 0.2) is 42.5 Å². The molecule has 0 radical (unpaired) electrons. The first-order valence-corrected chi connectivity index (χ1v) is 12.9. The number of hydrogen-bond donors (Lipinski definition) is 1. The molecule has 2 amide bonds. The molecule has 2 aromatic carbocycles. The van der Waals surface area contributed by atoms with Crippen LogP contribution in [0.3, 0.4) is 0 Å². The fourth-order valence-electron chi connectivity index (χ4n) is 3.67. The lowest BCUT2D eigenvalue weighted by molar-refractivity contribution is -0.140. The molecule has 0 aliphatic carbocycles. The minimum atomic E-state index is -3.52. The second-order valence-electron chi connectivity index (χ2n) is 8.46. The topological polar surface area (TPSA) is 86.8 Å². The number of likely N-dealkylation sites (N-methyl/N-ethyl adjacent to an activating group) is 1. The van der Waals surface area contributed by atoms with Gasteiger partial charge in [-0.2, -0.15) is 0 Å². The Balaban J connectivity index is 2.17. The summed E-state index contributed by atoms with van der Waals surface area (Å²) in [6.45, 7) is 8.00. The van der Waals surface area contributed by atoms with Crippen molar-refractivity contribution in [2.45, 2.75) is 53.1 Å². The Hall–Kier alpha value is -2.87. The molecule has 33 heavy (non-hydrogen) atoms. The fraction of sp³-hybridized carbons (Fsp3) is 0.440. The zero-order chi connectivity index (χ0) is 24.8. The van der Waals surface area contributed by atoms with E-state index in [1.54, 1.807) is 24.9 Å². The van der Waals surface area contributed by atoms with E-state index < -0.39 is 16.1 Å². The number of aryl methyl sites for hydroxylation is 2. The van der Waals surface area contributed by atoms with Crippen LogP contribution in [0.4, 0.5) is 5.69 Å². The van der Waals surface area contributed by atoms with Gasteiger partial charge < -0.3 is 10.2 Å². The van der Waals surface area contributed by atoms with Gasteiger partial charge in [0.15, 0.2) is 0 Å². The minimum absolute atomic E-state index is 0.129. The predicted molar refractivity (Wildman–Crippen MR) is 133 cm³/mol. The summed E-state index contributed by atoms with van der Waals surface area (Å²) >= 11 is 0. The van der Waals surface area contributed by atoms with Crippen LogP contribution in [0.25, 0.3) is 0 Å². The average molecular weight is 474 g/mol. The second-order valence-corrected chi connectivity index (χ2v) is 10.4. The largest absolute Gasteiger partial charge is 0.357 e. The van der Waals surface area contributed by atoms with Crippen molar-refractivity contribution in [3.8, 4) is 0 Å². The van der Waals surface area contributed by atoms with E-state index in [0.717, 1.165) is 22.3 Å². The van der Waals surface area contributed by atoms with Crippen molar-refractivity contribution in [1.82, 2.24) is 10.2 Å². The minimum Gasteiger partial charge on any atom is -0.357 e. The third-order valence-corrected chi connectivity index (χ3v) is 7.06. The first-order chi connectivity index (χ1) is 15.5. The summed E-state index contributed by atoms with van der Waals surface area (Å²) in [5.74, 6) is -0.440. The van der Waals surface area contributed by atoms with E-state index in [1.807, 2.05) is 57.2 Å². The summed E-state index contributed by atoms with van der Waals surface area (Å²) in [5, 5.41) is 2.60. The molecule has 0 spiro atoms. The summed E-state index contributed by atoms with van der Waals surface area (Å²) in [7, 11) is -1.97. The molecule has 0 heterocycles. The van der Waals surface area contributed by atoms with E-state index in [0.29, 0.717) is 18.7 Å². The summed E-state index contributed by atoms with van der Waals surface area (Å²) in [6.07, 6.45) is 1.64. The molecule has 2 rings (SSSR count). The Bertz CT molecular complexity index is 1080. The Morgan fingerprint density at radius 1 is 1.03 bits per heavy atom. The van der Waals surface area contributed by atoms with Gasteiger partial charge in [-0.1, -0.05) is 42.0 Å². The van der Waals surface area contributed by atoms with Crippen LogP contribution in [0.1, 0.15) is 42.0 Å².